The van der Waals surface area contributed by atoms with Crippen LogP contribution in [0.3, 0.4) is 0 Å². The number of fused-ring (bicyclic) bond motifs is 1. The fourth-order valence-electron chi connectivity index (χ4n) is 3.62. The van der Waals surface area contributed by atoms with Gasteiger partial charge in [0.05, 0.1) is 19.2 Å². The van der Waals surface area contributed by atoms with E-state index in [2.05, 4.69) is 10.2 Å². The second kappa shape index (κ2) is 9.46. The maximum Gasteiger partial charge on any atom is 0.340 e. The lowest BCUT2D eigenvalue weighted by molar-refractivity contribution is -0.134. The largest absolute Gasteiger partial charge is 0.465 e. The van der Waals surface area contributed by atoms with E-state index in [0.717, 1.165) is 16.5 Å². The molecule has 170 valence electrons. The van der Waals surface area contributed by atoms with E-state index in [-0.39, 0.29) is 25.0 Å². The number of carbonyl (C=O) groups is 2. The van der Waals surface area contributed by atoms with Crippen LogP contribution >= 0.6 is 11.6 Å². The lowest BCUT2D eigenvalue weighted by Crippen LogP contribution is -2.38. The number of methoxy groups -OCH3 is 1. The highest BCUT2D eigenvalue weighted by Crippen LogP contribution is 2.24. The van der Waals surface area contributed by atoms with Crippen molar-refractivity contribution in [3.8, 4) is 11.5 Å². The molecule has 0 aliphatic carbocycles. The quantitative estimate of drug-likeness (QED) is 0.370. The maximum absolute atomic E-state index is 13.2. The molecule has 9 heteroatoms. The second-order valence-corrected chi connectivity index (χ2v) is 8.24. The molecule has 0 saturated carbocycles. The number of hydrogen-bond acceptors (Lipinski definition) is 6. The van der Waals surface area contributed by atoms with E-state index < -0.39 is 5.97 Å². The predicted octanol–water partition coefficient (Wildman–Crippen LogP) is 4.57. The molecule has 0 aliphatic heterocycles. The standard InChI is InChI=1S/C24H23ClN4O4/c1-15(2)29(13-21-26-27-23(33-21)16-8-10-17(25)11-9-16)22(30)14-28-12-19(24(31)32-3)18-6-4-5-7-20(18)28/h4-12,15H,13-14H2,1-3H3. The average molecular weight is 467 g/mol. The molecule has 2 aromatic heterocycles. The Bertz CT molecular complexity index is 1290. The Morgan fingerprint density at radius 1 is 1.12 bits per heavy atom. The molecule has 4 aromatic rings. The fraction of sp³-hybridized carbons (Fsp3) is 0.250. The molecule has 8 nitrogen and oxygen atoms in total. The maximum atomic E-state index is 13.2. The third kappa shape index (κ3) is 4.75. The summed E-state index contributed by atoms with van der Waals surface area (Å²) in [6.45, 7) is 4.05. The molecule has 4 rings (SSSR count). The summed E-state index contributed by atoms with van der Waals surface area (Å²) in [4.78, 5) is 27.1. The number of benzene rings is 2. The van der Waals surface area contributed by atoms with Crippen LogP contribution in [-0.2, 0) is 22.6 Å². The van der Waals surface area contributed by atoms with Crippen LogP contribution in [0.2, 0.25) is 5.02 Å². The Hall–Kier alpha value is -3.65. The van der Waals surface area contributed by atoms with Crippen LogP contribution in [0.25, 0.3) is 22.4 Å². The van der Waals surface area contributed by atoms with Crippen molar-refractivity contribution in [2.45, 2.75) is 33.0 Å². The van der Waals surface area contributed by atoms with Gasteiger partial charge in [0.25, 0.3) is 0 Å². The van der Waals surface area contributed by atoms with Gasteiger partial charge in [0, 0.05) is 33.7 Å². The Kier molecular flexibility index (Phi) is 6.46. The van der Waals surface area contributed by atoms with Gasteiger partial charge in [-0.25, -0.2) is 4.79 Å². The van der Waals surface area contributed by atoms with E-state index in [4.69, 9.17) is 20.8 Å². The molecule has 0 spiro atoms. The molecule has 0 N–H and O–H groups in total. The number of nitrogens with zero attached hydrogens (tertiary/aromatic N) is 4. The second-order valence-electron chi connectivity index (χ2n) is 7.80. The molecule has 0 bridgehead atoms. The molecule has 0 fully saturated rings. The minimum Gasteiger partial charge on any atom is -0.465 e. The first-order chi connectivity index (χ1) is 15.9. The first-order valence-electron chi connectivity index (χ1n) is 10.4. The molecule has 0 unspecified atom stereocenters. The summed E-state index contributed by atoms with van der Waals surface area (Å²) in [5.74, 6) is 0.0960. The van der Waals surface area contributed by atoms with Crippen molar-refractivity contribution in [1.29, 1.82) is 0 Å². The third-order valence-electron chi connectivity index (χ3n) is 5.31. The molecular formula is C24H23ClN4O4. The van der Waals surface area contributed by atoms with Gasteiger partial charge in [0.1, 0.15) is 6.54 Å². The lowest BCUT2D eigenvalue weighted by Gasteiger charge is -2.25. The van der Waals surface area contributed by atoms with Gasteiger partial charge in [-0.05, 0) is 44.2 Å². The van der Waals surface area contributed by atoms with Crippen LogP contribution in [-0.4, -0.2) is 44.7 Å². The van der Waals surface area contributed by atoms with E-state index in [1.807, 2.05) is 38.1 Å². The van der Waals surface area contributed by atoms with E-state index in [0.29, 0.717) is 22.4 Å². The van der Waals surface area contributed by atoms with Crippen LogP contribution in [0.4, 0.5) is 0 Å². The number of carbonyl (C=O) groups excluding carboxylic acids is 2. The zero-order valence-corrected chi connectivity index (χ0v) is 19.2. The smallest absolute Gasteiger partial charge is 0.340 e. The normalized spacial score (nSPS) is 11.2. The number of hydrogen-bond donors (Lipinski definition) is 0. The van der Waals surface area contributed by atoms with Crippen molar-refractivity contribution < 1.29 is 18.7 Å². The summed E-state index contributed by atoms with van der Waals surface area (Å²) in [5.41, 5.74) is 1.94. The predicted molar refractivity (Wildman–Crippen MR) is 124 cm³/mol. The Labute approximate surface area is 195 Å². The van der Waals surface area contributed by atoms with Crippen LogP contribution in [0.15, 0.2) is 59.1 Å². The fourth-order valence-corrected chi connectivity index (χ4v) is 3.74. The van der Waals surface area contributed by atoms with Gasteiger partial charge in [0.15, 0.2) is 0 Å². The zero-order valence-electron chi connectivity index (χ0n) is 18.5. The topological polar surface area (TPSA) is 90.5 Å². The van der Waals surface area contributed by atoms with Gasteiger partial charge in [-0.2, -0.15) is 0 Å². The SMILES string of the molecule is COC(=O)c1cn(CC(=O)N(Cc2nnc(-c3ccc(Cl)cc3)o2)C(C)C)c2ccccc12. The van der Waals surface area contributed by atoms with Crippen molar-refractivity contribution >= 4 is 34.4 Å². The van der Waals surface area contributed by atoms with Gasteiger partial charge >= 0.3 is 5.97 Å². The number of para-hydroxylation sites is 1. The van der Waals surface area contributed by atoms with Gasteiger partial charge in [-0.1, -0.05) is 29.8 Å². The molecule has 0 saturated heterocycles. The third-order valence-corrected chi connectivity index (χ3v) is 5.56. The molecular weight excluding hydrogens is 444 g/mol. The summed E-state index contributed by atoms with van der Waals surface area (Å²) in [6, 6.07) is 14.4. The highest BCUT2D eigenvalue weighted by molar-refractivity contribution is 6.30. The van der Waals surface area contributed by atoms with Crippen molar-refractivity contribution in [1.82, 2.24) is 19.7 Å². The molecule has 0 radical (unpaired) electrons. The van der Waals surface area contributed by atoms with Gasteiger partial charge < -0.3 is 18.6 Å². The number of amides is 1. The molecule has 33 heavy (non-hydrogen) atoms. The molecule has 1 amide bonds. The lowest BCUT2D eigenvalue weighted by atomic mass is 10.2. The summed E-state index contributed by atoms with van der Waals surface area (Å²) in [6.07, 6.45) is 1.65. The van der Waals surface area contributed by atoms with E-state index >= 15 is 0 Å². The molecule has 0 aliphatic rings. The van der Waals surface area contributed by atoms with Crippen molar-refractivity contribution in [3.05, 3.63) is 71.2 Å². The molecule has 2 aromatic carbocycles. The molecule has 2 heterocycles. The summed E-state index contributed by atoms with van der Waals surface area (Å²) in [5, 5.41) is 9.54. The number of rotatable bonds is 7. The van der Waals surface area contributed by atoms with E-state index in [1.165, 1.54) is 7.11 Å². The minimum absolute atomic E-state index is 0.0495. The van der Waals surface area contributed by atoms with Crippen LogP contribution < -0.4 is 0 Å². The summed E-state index contributed by atoms with van der Waals surface area (Å²) < 4.78 is 12.4. The van der Waals surface area contributed by atoms with E-state index in [9.17, 15) is 9.59 Å². The average Bonchev–Trinajstić information content (AvgIpc) is 3.42. The van der Waals surface area contributed by atoms with Crippen molar-refractivity contribution in [2.75, 3.05) is 7.11 Å². The van der Waals surface area contributed by atoms with Gasteiger partial charge in [0.2, 0.25) is 17.7 Å². The zero-order chi connectivity index (χ0) is 23.5. The van der Waals surface area contributed by atoms with Gasteiger partial charge in [-0.3, -0.25) is 4.79 Å². The van der Waals surface area contributed by atoms with Crippen molar-refractivity contribution in [3.63, 3.8) is 0 Å². The summed E-state index contributed by atoms with van der Waals surface area (Å²) in [7, 11) is 1.34. The number of aromatic nitrogens is 3. The van der Waals surface area contributed by atoms with E-state index in [1.54, 1.807) is 39.9 Å². The molecule has 0 atom stereocenters. The first kappa shape index (κ1) is 22.5. The minimum atomic E-state index is -0.446. The van der Waals surface area contributed by atoms with Gasteiger partial charge in [-0.15, -0.1) is 10.2 Å². The Morgan fingerprint density at radius 3 is 2.55 bits per heavy atom. The number of halogens is 1. The van der Waals surface area contributed by atoms with Crippen LogP contribution in [0.5, 0.6) is 0 Å². The monoisotopic (exact) mass is 466 g/mol. The number of esters is 1. The summed E-state index contributed by atoms with van der Waals surface area (Å²) >= 11 is 5.93. The van der Waals surface area contributed by atoms with Crippen molar-refractivity contribution in [2.24, 2.45) is 0 Å². The van der Waals surface area contributed by atoms with Crippen LogP contribution in [0, 0.1) is 0 Å². The van der Waals surface area contributed by atoms with Crippen LogP contribution in [0.1, 0.15) is 30.1 Å². The Morgan fingerprint density at radius 2 is 1.85 bits per heavy atom. The number of ether oxygens (including phenoxy) is 1. The first-order valence-corrected chi connectivity index (χ1v) is 10.8. The highest BCUT2D eigenvalue weighted by Gasteiger charge is 2.23. The highest BCUT2D eigenvalue weighted by atomic mass is 35.5. The Balaban J connectivity index is 1.55.